The standard InChI is InChI=1S/C11H8F5NO3/c12-10(13,11(14,15)16)9(20)17-5-6-1-3-7(4-2-6)8(18)19/h1-4H,5H2,(H,17,20)(H,18,19). The first kappa shape index (κ1) is 15.9. The molecule has 0 fully saturated rings. The van der Waals surface area contributed by atoms with Crippen LogP contribution in [-0.2, 0) is 11.3 Å². The van der Waals surface area contributed by atoms with Gasteiger partial charge in [-0.1, -0.05) is 12.1 Å². The first-order valence-electron chi connectivity index (χ1n) is 5.11. The normalized spacial score (nSPS) is 12.1. The molecule has 2 N–H and O–H groups in total. The lowest BCUT2D eigenvalue weighted by atomic mass is 10.1. The minimum atomic E-state index is -5.97. The molecule has 20 heavy (non-hydrogen) atoms. The van der Waals surface area contributed by atoms with Gasteiger partial charge in [-0.25, -0.2) is 4.79 Å². The lowest BCUT2D eigenvalue weighted by Gasteiger charge is -2.18. The highest BCUT2D eigenvalue weighted by molar-refractivity contribution is 5.87. The van der Waals surface area contributed by atoms with Gasteiger partial charge in [-0.3, -0.25) is 4.79 Å². The third-order valence-electron chi connectivity index (χ3n) is 2.30. The van der Waals surface area contributed by atoms with Gasteiger partial charge in [-0.05, 0) is 17.7 Å². The van der Waals surface area contributed by atoms with Crippen molar-refractivity contribution in [2.45, 2.75) is 18.6 Å². The van der Waals surface area contributed by atoms with Crippen molar-refractivity contribution in [1.82, 2.24) is 5.32 Å². The summed E-state index contributed by atoms with van der Waals surface area (Å²) in [6, 6.07) is 4.64. The van der Waals surface area contributed by atoms with Crippen LogP contribution in [0.1, 0.15) is 15.9 Å². The molecule has 9 heteroatoms. The average Bonchev–Trinajstić information content (AvgIpc) is 2.34. The number of carboxylic acids is 1. The summed E-state index contributed by atoms with van der Waals surface area (Å²) in [5, 5.41) is 10.0. The molecule has 1 amide bonds. The SMILES string of the molecule is O=C(O)c1ccc(CNC(=O)C(F)(F)C(F)(F)F)cc1. The Hall–Kier alpha value is -2.19. The quantitative estimate of drug-likeness (QED) is 0.837. The molecular weight excluding hydrogens is 289 g/mol. The first-order chi connectivity index (χ1) is 9.05. The van der Waals surface area contributed by atoms with E-state index in [9.17, 15) is 31.5 Å². The van der Waals surface area contributed by atoms with Crippen LogP contribution < -0.4 is 5.32 Å². The van der Waals surface area contributed by atoms with E-state index in [1.807, 2.05) is 0 Å². The molecular formula is C11H8F5NO3. The highest BCUT2D eigenvalue weighted by Crippen LogP contribution is 2.35. The summed E-state index contributed by atoms with van der Waals surface area (Å²) < 4.78 is 60.8. The van der Waals surface area contributed by atoms with Crippen LogP contribution in [0.5, 0.6) is 0 Å². The number of nitrogens with one attached hydrogen (secondary N) is 1. The number of hydrogen-bond acceptors (Lipinski definition) is 2. The Morgan fingerprint density at radius 2 is 1.55 bits per heavy atom. The minimum absolute atomic E-state index is 0.0827. The largest absolute Gasteiger partial charge is 0.478 e. The van der Waals surface area contributed by atoms with E-state index in [2.05, 4.69) is 0 Å². The Labute approximate surface area is 109 Å². The summed E-state index contributed by atoms with van der Waals surface area (Å²) >= 11 is 0. The fraction of sp³-hybridized carbons (Fsp3) is 0.273. The summed E-state index contributed by atoms with van der Waals surface area (Å²) in [5.74, 6) is -9.16. The van der Waals surface area contributed by atoms with Gasteiger partial charge in [0, 0.05) is 6.54 Å². The van der Waals surface area contributed by atoms with Crippen molar-refractivity contribution in [3.63, 3.8) is 0 Å². The average molecular weight is 297 g/mol. The van der Waals surface area contributed by atoms with E-state index >= 15 is 0 Å². The molecule has 1 aromatic carbocycles. The zero-order chi connectivity index (χ0) is 15.6. The van der Waals surface area contributed by atoms with E-state index in [1.54, 1.807) is 0 Å². The number of carboxylic acid groups (broad SMARTS) is 1. The predicted molar refractivity (Wildman–Crippen MR) is 56.2 cm³/mol. The third-order valence-corrected chi connectivity index (χ3v) is 2.30. The molecule has 1 aromatic rings. The summed E-state index contributed by atoms with van der Waals surface area (Å²) in [6.45, 7) is -0.579. The first-order valence-corrected chi connectivity index (χ1v) is 5.11. The molecule has 0 aliphatic heterocycles. The van der Waals surface area contributed by atoms with Crippen LogP contribution in [0.2, 0.25) is 0 Å². The van der Waals surface area contributed by atoms with Gasteiger partial charge >= 0.3 is 24.0 Å². The molecule has 0 saturated heterocycles. The Bertz CT molecular complexity index is 510. The topological polar surface area (TPSA) is 66.4 Å². The fourth-order valence-corrected chi connectivity index (χ4v) is 1.19. The van der Waals surface area contributed by atoms with Crippen molar-refractivity contribution in [3.8, 4) is 0 Å². The van der Waals surface area contributed by atoms with Gasteiger partial charge in [0.25, 0.3) is 0 Å². The van der Waals surface area contributed by atoms with Crippen LogP contribution >= 0.6 is 0 Å². The number of halogens is 5. The number of carbonyl (C=O) groups excluding carboxylic acids is 1. The summed E-state index contributed by atoms with van der Waals surface area (Å²) in [6.07, 6.45) is -5.97. The van der Waals surface area contributed by atoms with E-state index in [0.29, 0.717) is 0 Å². The van der Waals surface area contributed by atoms with Gasteiger partial charge in [-0.2, -0.15) is 22.0 Å². The van der Waals surface area contributed by atoms with Crippen molar-refractivity contribution >= 4 is 11.9 Å². The summed E-state index contributed by atoms with van der Waals surface area (Å²) in [7, 11) is 0. The van der Waals surface area contributed by atoms with Crippen LogP contribution in [0.25, 0.3) is 0 Å². The number of benzene rings is 1. The predicted octanol–water partition coefficient (Wildman–Crippen LogP) is 2.20. The van der Waals surface area contributed by atoms with Crippen LogP contribution in [0.15, 0.2) is 24.3 Å². The lowest BCUT2D eigenvalue weighted by molar-refractivity contribution is -0.269. The number of alkyl halides is 5. The number of amides is 1. The molecule has 0 aliphatic carbocycles. The summed E-state index contributed by atoms with van der Waals surface area (Å²) in [5.41, 5.74) is 0.0991. The van der Waals surface area contributed by atoms with E-state index in [4.69, 9.17) is 5.11 Å². The Morgan fingerprint density at radius 1 is 1.05 bits per heavy atom. The highest BCUT2D eigenvalue weighted by atomic mass is 19.4. The highest BCUT2D eigenvalue weighted by Gasteiger charge is 2.63. The molecule has 0 aliphatic rings. The lowest BCUT2D eigenvalue weighted by Crippen LogP contribution is -2.50. The zero-order valence-corrected chi connectivity index (χ0v) is 9.67. The van der Waals surface area contributed by atoms with Crippen LogP contribution in [-0.4, -0.2) is 29.1 Å². The Balaban J connectivity index is 2.68. The zero-order valence-electron chi connectivity index (χ0n) is 9.67. The monoisotopic (exact) mass is 297 g/mol. The van der Waals surface area contributed by atoms with Gasteiger partial charge in [0.1, 0.15) is 0 Å². The van der Waals surface area contributed by atoms with Crippen molar-refractivity contribution < 1.29 is 36.6 Å². The summed E-state index contributed by atoms with van der Waals surface area (Å²) in [4.78, 5) is 21.3. The van der Waals surface area contributed by atoms with Gasteiger partial charge < -0.3 is 10.4 Å². The molecule has 0 unspecified atom stereocenters. The maximum Gasteiger partial charge on any atom is 0.463 e. The maximum atomic E-state index is 12.6. The second kappa shape index (κ2) is 5.43. The van der Waals surface area contributed by atoms with Gasteiger partial charge in [0.15, 0.2) is 0 Å². The number of rotatable bonds is 4. The second-order valence-corrected chi connectivity index (χ2v) is 3.76. The van der Waals surface area contributed by atoms with Crippen molar-refractivity contribution in [1.29, 1.82) is 0 Å². The number of carbonyl (C=O) groups is 2. The van der Waals surface area contributed by atoms with E-state index in [1.165, 1.54) is 17.4 Å². The van der Waals surface area contributed by atoms with Gasteiger partial charge in [0.05, 0.1) is 5.56 Å². The van der Waals surface area contributed by atoms with Crippen LogP contribution in [0, 0.1) is 0 Å². The molecule has 0 radical (unpaired) electrons. The van der Waals surface area contributed by atoms with Crippen LogP contribution in [0.4, 0.5) is 22.0 Å². The Morgan fingerprint density at radius 3 is 1.95 bits per heavy atom. The van der Waals surface area contributed by atoms with Crippen molar-refractivity contribution in [2.24, 2.45) is 0 Å². The molecule has 0 atom stereocenters. The number of aromatic carboxylic acids is 1. The molecule has 0 saturated carbocycles. The van der Waals surface area contributed by atoms with E-state index in [-0.39, 0.29) is 11.1 Å². The van der Waals surface area contributed by atoms with Gasteiger partial charge in [-0.15, -0.1) is 0 Å². The van der Waals surface area contributed by atoms with Crippen molar-refractivity contribution in [2.75, 3.05) is 0 Å². The van der Waals surface area contributed by atoms with E-state index in [0.717, 1.165) is 12.1 Å². The number of hydrogen-bond donors (Lipinski definition) is 2. The van der Waals surface area contributed by atoms with Gasteiger partial charge in [0.2, 0.25) is 0 Å². The molecule has 0 heterocycles. The maximum absolute atomic E-state index is 12.6. The van der Waals surface area contributed by atoms with E-state index < -0.39 is 30.5 Å². The third kappa shape index (κ3) is 3.43. The smallest absolute Gasteiger partial charge is 0.463 e. The molecule has 0 bridgehead atoms. The van der Waals surface area contributed by atoms with Crippen molar-refractivity contribution in [3.05, 3.63) is 35.4 Å². The molecule has 110 valence electrons. The molecule has 0 spiro atoms. The molecule has 4 nitrogen and oxygen atoms in total. The van der Waals surface area contributed by atoms with Crippen LogP contribution in [0.3, 0.4) is 0 Å². The molecule has 1 rings (SSSR count). The molecule has 0 aromatic heterocycles. The second-order valence-electron chi connectivity index (χ2n) is 3.76. The fourth-order valence-electron chi connectivity index (χ4n) is 1.19. The Kier molecular flexibility index (Phi) is 4.31. The minimum Gasteiger partial charge on any atom is -0.478 e.